The Morgan fingerprint density at radius 2 is 1.53 bits per heavy atom. The first-order chi connectivity index (χ1) is 8.82. The summed E-state index contributed by atoms with van der Waals surface area (Å²) in [6.45, 7) is 5.89. The molecule has 0 aromatic carbocycles. The van der Waals surface area contributed by atoms with Crippen molar-refractivity contribution in [3.05, 3.63) is 0 Å². The average Bonchev–Trinajstić information content (AvgIpc) is 2.32. The quantitative estimate of drug-likeness (QED) is 0.561. The number of amides is 1. The highest BCUT2D eigenvalue weighted by atomic mass is 16.4. The summed E-state index contributed by atoms with van der Waals surface area (Å²) in [4.78, 5) is 20.3. The highest BCUT2D eigenvalue weighted by Gasteiger charge is 2.12. The molecular formula is C14H30N2O3. The van der Waals surface area contributed by atoms with Gasteiger partial charge in [0, 0.05) is 6.42 Å². The summed E-state index contributed by atoms with van der Waals surface area (Å²) < 4.78 is 0. The molecule has 0 aliphatic heterocycles. The van der Waals surface area contributed by atoms with Crippen LogP contribution in [-0.2, 0) is 9.59 Å². The van der Waals surface area contributed by atoms with Gasteiger partial charge in [-0.3, -0.25) is 9.59 Å². The van der Waals surface area contributed by atoms with Crippen LogP contribution in [0.15, 0.2) is 0 Å². The van der Waals surface area contributed by atoms with E-state index in [1.165, 1.54) is 25.7 Å². The Labute approximate surface area is 116 Å². The lowest BCUT2D eigenvalue weighted by atomic mass is 10.1. The van der Waals surface area contributed by atoms with Gasteiger partial charge < -0.3 is 16.6 Å². The van der Waals surface area contributed by atoms with Crippen LogP contribution in [0.2, 0.25) is 0 Å². The van der Waals surface area contributed by atoms with Crippen LogP contribution in [0.3, 0.4) is 0 Å². The molecule has 0 aliphatic rings. The summed E-state index contributed by atoms with van der Waals surface area (Å²) >= 11 is 0. The maximum atomic E-state index is 10.2. The van der Waals surface area contributed by atoms with Gasteiger partial charge in [-0.25, -0.2) is 0 Å². The SMILES string of the molecule is CC(C)[C@H](N)C(N)=O.CCCCCCCCC(=O)O. The summed E-state index contributed by atoms with van der Waals surface area (Å²) in [5.41, 5.74) is 10.2. The largest absolute Gasteiger partial charge is 0.481 e. The van der Waals surface area contributed by atoms with Gasteiger partial charge in [-0.05, 0) is 12.3 Å². The van der Waals surface area contributed by atoms with Gasteiger partial charge in [0.05, 0.1) is 6.04 Å². The molecule has 5 nitrogen and oxygen atoms in total. The second-order valence-corrected chi connectivity index (χ2v) is 5.08. The van der Waals surface area contributed by atoms with Crippen LogP contribution in [0.4, 0.5) is 0 Å². The van der Waals surface area contributed by atoms with Crippen molar-refractivity contribution in [1.29, 1.82) is 0 Å². The zero-order chi connectivity index (χ0) is 15.3. The van der Waals surface area contributed by atoms with E-state index >= 15 is 0 Å². The fourth-order valence-electron chi connectivity index (χ4n) is 1.39. The standard InChI is InChI=1S/C9H18O2.C5H12N2O/c1-2-3-4-5-6-7-8-9(10)11;1-3(2)4(6)5(7)8/h2-8H2,1H3,(H,10,11);3-4H,6H2,1-2H3,(H2,7,8)/t;4-/m.0/s1. The van der Waals surface area contributed by atoms with Gasteiger partial charge in [0.15, 0.2) is 0 Å². The molecule has 0 aliphatic carbocycles. The van der Waals surface area contributed by atoms with Crippen LogP contribution in [0, 0.1) is 5.92 Å². The predicted molar refractivity (Wildman–Crippen MR) is 77.6 cm³/mol. The number of hydrogen-bond acceptors (Lipinski definition) is 3. The van der Waals surface area contributed by atoms with Crippen LogP contribution in [0.1, 0.15) is 65.7 Å². The number of carboxylic acids is 1. The zero-order valence-corrected chi connectivity index (χ0v) is 12.5. The number of unbranched alkanes of at least 4 members (excludes halogenated alkanes) is 5. The summed E-state index contributed by atoms with van der Waals surface area (Å²) in [5.74, 6) is -0.951. The Balaban J connectivity index is 0. The number of carbonyl (C=O) groups excluding carboxylic acids is 1. The number of rotatable bonds is 9. The van der Waals surface area contributed by atoms with Gasteiger partial charge in [-0.1, -0.05) is 52.9 Å². The van der Waals surface area contributed by atoms with E-state index in [-0.39, 0.29) is 5.92 Å². The van der Waals surface area contributed by atoms with E-state index in [4.69, 9.17) is 16.6 Å². The van der Waals surface area contributed by atoms with Gasteiger partial charge >= 0.3 is 5.97 Å². The minimum atomic E-state index is -0.666. The van der Waals surface area contributed by atoms with Crippen molar-refractivity contribution in [3.63, 3.8) is 0 Å². The lowest BCUT2D eigenvalue weighted by Gasteiger charge is -2.09. The van der Waals surface area contributed by atoms with Crippen molar-refractivity contribution >= 4 is 11.9 Å². The molecule has 0 fully saturated rings. The summed E-state index contributed by atoms with van der Waals surface area (Å²) in [6.07, 6.45) is 7.25. The molecule has 1 amide bonds. The number of carbonyl (C=O) groups is 2. The molecule has 19 heavy (non-hydrogen) atoms. The van der Waals surface area contributed by atoms with Crippen molar-refractivity contribution in [2.24, 2.45) is 17.4 Å². The zero-order valence-electron chi connectivity index (χ0n) is 12.5. The highest BCUT2D eigenvalue weighted by Crippen LogP contribution is 2.06. The normalized spacial score (nSPS) is 11.6. The number of nitrogens with two attached hydrogens (primary N) is 2. The van der Waals surface area contributed by atoms with E-state index in [0.717, 1.165) is 12.8 Å². The Bertz CT molecular complexity index is 243. The predicted octanol–water partition coefficient (Wildman–Crippen LogP) is 2.28. The van der Waals surface area contributed by atoms with Gasteiger partial charge in [0.1, 0.15) is 0 Å². The van der Waals surface area contributed by atoms with Crippen molar-refractivity contribution in [2.75, 3.05) is 0 Å². The van der Waals surface area contributed by atoms with Crippen molar-refractivity contribution in [1.82, 2.24) is 0 Å². The third-order valence-corrected chi connectivity index (χ3v) is 2.79. The molecular weight excluding hydrogens is 244 g/mol. The maximum absolute atomic E-state index is 10.2. The lowest BCUT2D eigenvalue weighted by Crippen LogP contribution is -2.40. The van der Waals surface area contributed by atoms with E-state index < -0.39 is 17.9 Å². The van der Waals surface area contributed by atoms with Crippen LogP contribution < -0.4 is 11.5 Å². The van der Waals surface area contributed by atoms with Crippen LogP contribution in [0.5, 0.6) is 0 Å². The minimum Gasteiger partial charge on any atom is -0.481 e. The van der Waals surface area contributed by atoms with Gasteiger partial charge in [-0.2, -0.15) is 0 Å². The Kier molecular flexibility index (Phi) is 14.2. The molecule has 5 N–H and O–H groups in total. The molecule has 0 heterocycles. The minimum absolute atomic E-state index is 0.146. The molecule has 0 saturated heterocycles. The molecule has 114 valence electrons. The fraction of sp³-hybridized carbons (Fsp3) is 0.857. The summed E-state index contributed by atoms with van der Waals surface area (Å²) in [6, 6.07) is -0.491. The highest BCUT2D eigenvalue weighted by molar-refractivity contribution is 5.79. The second kappa shape index (κ2) is 13.3. The molecule has 0 aromatic heterocycles. The summed E-state index contributed by atoms with van der Waals surface area (Å²) in [5, 5.41) is 8.32. The first-order valence-corrected chi connectivity index (χ1v) is 7.09. The number of hydrogen-bond donors (Lipinski definition) is 3. The average molecular weight is 274 g/mol. The molecule has 0 saturated carbocycles. The number of aliphatic carboxylic acids is 1. The molecule has 0 radical (unpaired) electrons. The fourth-order valence-corrected chi connectivity index (χ4v) is 1.39. The topological polar surface area (TPSA) is 106 Å². The maximum Gasteiger partial charge on any atom is 0.303 e. The van der Waals surface area contributed by atoms with E-state index in [9.17, 15) is 9.59 Å². The third kappa shape index (κ3) is 16.9. The molecule has 0 aromatic rings. The van der Waals surface area contributed by atoms with E-state index in [0.29, 0.717) is 6.42 Å². The molecule has 5 heteroatoms. The van der Waals surface area contributed by atoms with Gasteiger partial charge in [0.25, 0.3) is 0 Å². The second-order valence-electron chi connectivity index (χ2n) is 5.08. The molecule has 1 atom stereocenters. The lowest BCUT2D eigenvalue weighted by molar-refractivity contribution is -0.137. The van der Waals surface area contributed by atoms with E-state index in [1.807, 2.05) is 13.8 Å². The number of primary amides is 1. The van der Waals surface area contributed by atoms with Crippen LogP contribution in [-0.4, -0.2) is 23.0 Å². The molecule has 0 rings (SSSR count). The molecule has 0 bridgehead atoms. The first kappa shape index (κ1) is 20.2. The monoisotopic (exact) mass is 274 g/mol. The third-order valence-electron chi connectivity index (χ3n) is 2.79. The summed E-state index contributed by atoms with van der Waals surface area (Å²) in [7, 11) is 0. The van der Waals surface area contributed by atoms with Crippen molar-refractivity contribution in [3.8, 4) is 0 Å². The van der Waals surface area contributed by atoms with E-state index in [2.05, 4.69) is 6.92 Å². The van der Waals surface area contributed by atoms with Gasteiger partial charge in [0.2, 0.25) is 5.91 Å². The van der Waals surface area contributed by atoms with Crippen molar-refractivity contribution < 1.29 is 14.7 Å². The van der Waals surface area contributed by atoms with Crippen molar-refractivity contribution in [2.45, 2.75) is 71.8 Å². The van der Waals surface area contributed by atoms with Crippen LogP contribution in [0.25, 0.3) is 0 Å². The van der Waals surface area contributed by atoms with Gasteiger partial charge in [-0.15, -0.1) is 0 Å². The van der Waals surface area contributed by atoms with Crippen LogP contribution >= 0.6 is 0 Å². The Hall–Kier alpha value is -1.10. The molecule has 0 unspecified atom stereocenters. The smallest absolute Gasteiger partial charge is 0.303 e. The Morgan fingerprint density at radius 1 is 1.05 bits per heavy atom. The molecule has 0 spiro atoms. The van der Waals surface area contributed by atoms with E-state index in [1.54, 1.807) is 0 Å². The number of carboxylic acid groups (broad SMARTS) is 1. The Morgan fingerprint density at radius 3 is 1.84 bits per heavy atom. The first-order valence-electron chi connectivity index (χ1n) is 7.09.